The summed E-state index contributed by atoms with van der Waals surface area (Å²) in [6.07, 6.45) is 0. The van der Waals surface area contributed by atoms with E-state index in [1.54, 1.807) is 0 Å². The number of anilines is 1. The summed E-state index contributed by atoms with van der Waals surface area (Å²) < 4.78 is 12.6. The number of aryl methyl sites for hydroxylation is 3. The summed E-state index contributed by atoms with van der Waals surface area (Å²) in [6.45, 7) is 8.02. The number of ether oxygens (including phenoxy) is 2. The fraction of sp³-hybridized carbons (Fsp3) is 0.364. The van der Waals surface area contributed by atoms with Gasteiger partial charge in [-0.2, -0.15) is 0 Å². The third-order valence-electron chi connectivity index (χ3n) is 4.99. The lowest BCUT2D eigenvalue weighted by molar-refractivity contribution is -0.113. The second kappa shape index (κ2) is 10.2. The first-order valence-electron chi connectivity index (χ1n) is 9.90. The van der Waals surface area contributed by atoms with Crippen LogP contribution in [0.4, 0.5) is 5.00 Å². The Labute approximate surface area is 195 Å². The molecule has 0 atom stereocenters. The summed E-state index contributed by atoms with van der Waals surface area (Å²) >= 11 is 2.62. The van der Waals surface area contributed by atoms with E-state index in [1.807, 2.05) is 57.5 Å². The zero-order chi connectivity index (χ0) is 23.4. The number of nitrogens with zero attached hydrogens (tertiary/aromatic N) is 3. The number of thiophene rings is 1. The van der Waals surface area contributed by atoms with Gasteiger partial charge >= 0.3 is 5.97 Å². The van der Waals surface area contributed by atoms with Crippen molar-refractivity contribution in [1.29, 1.82) is 0 Å². The smallest absolute Gasteiger partial charge is 0.341 e. The summed E-state index contributed by atoms with van der Waals surface area (Å²) in [5.41, 5.74) is 3.39. The van der Waals surface area contributed by atoms with E-state index in [4.69, 9.17) is 9.47 Å². The SMILES string of the molecule is COC(=O)c1c(NC(=O)CSc2nnc(COc3cc(C)ccc3C)n2C)sc(C)c1C. The van der Waals surface area contributed by atoms with Crippen molar-refractivity contribution < 1.29 is 19.1 Å². The number of methoxy groups -OCH3 is 1. The number of carbonyl (C=O) groups excluding carboxylic acids is 2. The predicted octanol–water partition coefficient (Wildman–Crippen LogP) is 4.21. The number of esters is 1. The fourth-order valence-electron chi connectivity index (χ4n) is 2.96. The average Bonchev–Trinajstić information content (AvgIpc) is 3.25. The molecule has 0 aliphatic rings. The van der Waals surface area contributed by atoms with Crippen molar-refractivity contribution in [3.05, 3.63) is 51.2 Å². The molecule has 0 radical (unpaired) electrons. The van der Waals surface area contributed by atoms with Crippen LogP contribution in [0, 0.1) is 27.7 Å². The number of thioether (sulfide) groups is 1. The molecule has 2 heterocycles. The summed E-state index contributed by atoms with van der Waals surface area (Å²) in [6, 6.07) is 6.04. The van der Waals surface area contributed by atoms with Crippen LogP contribution >= 0.6 is 23.1 Å². The first-order chi connectivity index (χ1) is 15.2. The van der Waals surface area contributed by atoms with Crippen molar-refractivity contribution in [3.8, 4) is 5.75 Å². The number of amides is 1. The molecule has 3 rings (SSSR count). The maximum absolute atomic E-state index is 12.5. The topological polar surface area (TPSA) is 95.3 Å². The molecule has 0 aliphatic heterocycles. The molecule has 0 spiro atoms. The van der Waals surface area contributed by atoms with E-state index >= 15 is 0 Å². The number of hydrogen-bond acceptors (Lipinski definition) is 8. The minimum absolute atomic E-state index is 0.125. The maximum atomic E-state index is 12.5. The van der Waals surface area contributed by atoms with E-state index in [2.05, 4.69) is 15.5 Å². The largest absolute Gasteiger partial charge is 0.485 e. The van der Waals surface area contributed by atoms with Crippen LogP contribution in [0.3, 0.4) is 0 Å². The molecule has 1 amide bonds. The molecule has 3 aromatic rings. The highest BCUT2D eigenvalue weighted by Gasteiger charge is 2.22. The third kappa shape index (κ3) is 5.31. The van der Waals surface area contributed by atoms with Crippen molar-refractivity contribution in [2.24, 2.45) is 7.05 Å². The highest BCUT2D eigenvalue weighted by molar-refractivity contribution is 7.99. The van der Waals surface area contributed by atoms with E-state index in [0.29, 0.717) is 21.5 Å². The van der Waals surface area contributed by atoms with Gasteiger partial charge in [-0.15, -0.1) is 21.5 Å². The van der Waals surface area contributed by atoms with Crippen LogP contribution in [0.2, 0.25) is 0 Å². The van der Waals surface area contributed by atoms with Crippen LogP contribution < -0.4 is 10.1 Å². The van der Waals surface area contributed by atoms with Crippen LogP contribution in [-0.4, -0.2) is 39.5 Å². The van der Waals surface area contributed by atoms with Crippen LogP contribution in [0.1, 0.15) is 37.7 Å². The zero-order valence-electron chi connectivity index (χ0n) is 18.9. The van der Waals surface area contributed by atoms with Gasteiger partial charge in [-0.05, 0) is 50.5 Å². The van der Waals surface area contributed by atoms with E-state index < -0.39 is 5.97 Å². The molecule has 170 valence electrons. The lowest BCUT2D eigenvalue weighted by atomic mass is 10.1. The van der Waals surface area contributed by atoms with Gasteiger partial charge in [0.15, 0.2) is 11.0 Å². The van der Waals surface area contributed by atoms with Crippen molar-refractivity contribution >= 4 is 40.0 Å². The zero-order valence-corrected chi connectivity index (χ0v) is 20.6. The summed E-state index contributed by atoms with van der Waals surface area (Å²) in [5.74, 6) is 0.894. The van der Waals surface area contributed by atoms with Gasteiger partial charge < -0.3 is 19.4 Å². The molecule has 0 unspecified atom stereocenters. The number of hydrogen-bond donors (Lipinski definition) is 1. The molecule has 0 fully saturated rings. The Morgan fingerprint density at radius 1 is 1.19 bits per heavy atom. The Morgan fingerprint density at radius 3 is 2.66 bits per heavy atom. The van der Waals surface area contributed by atoms with Gasteiger partial charge in [0.05, 0.1) is 18.4 Å². The highest BCUT2D eigenvalue weighted by Crippen LogP contribution is 2.33. The van der Waals surface area contributed by atoms with Crippen molar-refractivity contribution in [3.63, 3.8) is 0 Å². The molecule has 0 bridgehead atoms. The van der Waals surface area contributed by atoms with Gasteiger partial charge in [-0.3, -0.25) is 4.79 Å². The van der Waals surface area contributed by atoms with Crippen LogP contribution in [0.5, 0.6) is 5.75 Å². The van der Waals surface area contributed by atoms with Gasteiger partial charge in [0.2, 0.25) is 5.91 Å². The Balaban J connectivity index is 1.60. The van der Waals surface area contributed by atoms with Crippen molar-refractivity contribution in [2.45, 2.75) is 39.5 Å². The van der Waals surface area contributed by atoms with Crippen LogP contribution in [0.15, 0.2) is 23.4 Å². The molecule has 0 aliphatic carbocycles. The number of rotatable bonds is 8. The van der Waals surface area contributed by atoms with Crippen molar-refractivity contribution in [2.75, 3.05) is 18.2 Å². The molecule has 10 heteroatoms. The summed E-state index contributed by atoms with van der Waals surface area (Å²) in [7, 11) is 3.16. The first kappa shape index (κ1) is 23.8. The quantitative estimate of drug-likeness (QED) is 0.386. The summed E-state index contributed by atoms with van der Waals surface area (Å²) in [5, 5.41) is 12.3. The van der Waals surface area contributed by atoms with Gasteiger partial charge in [-0.1, -0.05) is 23.9 Å². The second-order valence-electron chi connectivity index (χ2n) is 7.33. The van der Waals surface area contributed by atoms with Crippen LogP contribution in [-0.2, 0) is 23.2 Å². The number of nitrogens with one attached hydrogen (secondary N) is 1. The Morgan fingerprint density at radius 2 is 1.94 bits per heavy atom. The lowest BCUT2D eigenvalue weighted by Crippen LogP contribution is -2.16. The van der Waals surface area contributed by atoms with Gasteiger partial charge in [0, 0.05) is 11.9 Å². The normalized spacial score (nSPS) is 10.8. The van der Waals surface area contributed by atoms with E-state index in [1.165, 1.54) is 30.2 Å². The Kier molecular flexibility index (Phi) is 7.57. The predicted molar refractivity (Wildman–Crippen MR) is 126 cm³/mol. The molecule has 1 aromatic carbocycles. The standard InChI is InChI=1S/C22H26N4O4S2/c1-12-7-8-13(2)16(9-12)30-10-17-24-25-22(26(17)5)31-11-18(27)23-20-19(21(28)29-6)14(3)15(4)32-20/h7-9H,10-11H2,1-6H3,(H,23,27). The van der Waals surface area contributed by atoms with Crippen molar-refractivity contribution in [1.82, 2.24) is 14.8 Å². The molecule has 8 nitrogen and oxygen atoms in total. The third-order valence-corrected chi connectivity index (χ3v) is 7.13. The number of aromatic nitrogens is 3. The lowest BCUT2D eigenvalue weighted by Gasteiger charge is -2.10. The van der Waals surface area contributed by atoms with E-state index in [0.717, 1.165) is 27.3 Å². The molecular formula is C22H26N4O4S2. The van der Waals surface area contributed by atoms with E-state index in [-0.39, 0.29) is 18.3 Å². The van der Waals surface area contributed by atoms with Gasteiger partial charge in [0.25, 0.3) is 0 Å². The fourth-order valence-corrected chi connectivity index (χ4v) is 4.75. The second-order valence-corrected chi connectivity index (χ2v) is 9.50. The molecule has 32 heavy (non-hydrogen) atoms. The maximum Gasteiger partial charge on any atom is 0.341 e. The molecular weight excluding hydrogens is 448 g/mol. The molecule has 1 N–H and O–H groups in total. The number of benzene rings is 1. The van der Waals surface area contributed by atoms with E-state index in [9.17, 15) is 9.59 Å². The summed E-state index contributed by atoms with van der Waals surface area (Å²) in [4.78, 5) is 25.5. The van der Waals surface area contributed by atoms with Gasteiger partial charge in [-0.25, -0.2) is 4.79 Å². The van der Waals surface area contributed by atoms with Gasteiger partial charge in [0.1, 0.15) is 17.4 Å². The molecule has 0 saturated carbocycles. The Hall–Kier alpha value is -2.85. The Bertz CT molecular complexity index is 1150. The number of carbonyl (C=O) groups is 2. The first-order valence-corrected chi connectivity index (χ1v) is 11.7. The molecule has 0 saturated heterocycles. The minimum atomic E-state index is -0.461. The minimum Gasteiger partial charge on any atom is -0.485 e. The molecule has 2 aromatic heterocycles. The highest BCUT2D eigenvalue weighted by atomic mass is 32.2. The monoisotopic (exact) mass is 474 g/mol. The average molecular weight is 475 g/mol. The van der Waals surface area contributed by atoms with Crippen LogP contribution in [0.25, 0.3) is 0 Å².